The molecule has 0 aromatic rings. The molecule has 0 aliphatic heterocycles. The van der Waals surface area contributed by atoms with Gasteiger partial charge in [0, 0.05) is 13.1 Å². The molecule has 0 rings (SSSR count). The van der Waals surface area contributed by atoms with Crippen LogP contribution in [0.1, 0.15) is 48.0 Å². The van der Waals surface area contributed by atoms with Gasteiger partial charge in [0.05, 0.1) is 6.42 Å². The van der Waals surface area contributed by atoms with Gasteiger partial charge in [-0.15, -0.1) is 6.58 Å². The minimum Gasteiger partial charge on any atom is -0.518 e. The minimum atomic E-state index is -2.10. The lowest BCUT2D eigenvalue weighted by Crippen LogP contribution is -2.50. The lowest BCUT2D eigenvalue weighted by atomic mass is 10.4. The van der Waals surface area contributed by atoms with Crippen LogP contribution in [0.25, 0.3) is 0 Å². The first kappa shape index (κ1) is 22.6. The molecule has 23 heavy (non-hydrogen) atoms. The fourth-order valence-electron chi connectivity index (χ4n) is 3.68. The summed E-state index contributed by atoms with van der Waals surface area (Å²) < 4.78 is 8.63. The summed E-state index contributed by atoms with van der Waals surface area (Å²) >= 11 is 0. The maximum Gasteiger partial charge on any atom is 0.293 e. The standard InChI is InChI=1S/C18H39NO2Si2/c1-11-13-19(22(8,9)10)14-12-18(20)21-23(15(2)3,16(4)5)17(6)7/h11,15-17H,1,12-14H2,2-10H3. The summed E-state index contributed by atoms with van der Waals surface area (Å²) in [4.78, 5) is 12.6. The molecule has 5 heteroatoms. The van der Waals surface area contributed by atoms with Gasteiger partial charge in [0.25, 0.3) is 14.3 Å². The highest BCUT2D eigenvalue weighted by Gasteiger charge is 2.48. The van der Waals surface area contributed by atoms with Gasteiger partial charge >= 0.3 is 0 Å². The highest BCUT2D eigenvalue weighted by Crippen LogP contribution is 2.42. The minimum absolute atomic E-state index is 0.0138. The van der Waals surface area contributed by atoms with E-state index < -0.39 is 16.6 Å². The highest BCUT2D eigenvalue weighted by atomic mass is 28.4. The van der Waals surface area contributed by atoms with Crippen LogP contribution >= 0.6 is 0 Å². The first-order valence-corrected chi connectivity index (χ1v) is 14.6. The molecule has 0 heterocycles. The van der Waals surface area contributed by atoms with Gasteiger partial charge < -0.3 is 8.99 Å². The van der Waals surface area contributed by atoms with E-state index in [9.17, 15) is 4.79 Å². The van der Waals surface area contributed by atoms with Gasteiger partial charge in [-0.05, 0) is 16.6 Å². The lowest BCUT2D eigenvalue weighted by molar-refractivity contribution is -0.135. The number of hydrogen-bond donors (Lipinski definition) is 0. The van der Waals surface area contributed by atoms with Crippen molar-refractivity contribution in [1.29, 1.82) is 0 Å². The smallest absolute Gasteiger partial charge is 0.293 e. The van der Waals surface area contributed by atoms with E-state index in [0.29, 0.717) is 23.0 Å². The fourth-order valence-corrected chi connectivity index (χ4v) is 10.3. The summed E-state index contributed by atoms with van der Waals surface area (Å²) in [6.07, 6.45) is 2.41. The Morgan fingerprint density at radius 3 is 1.78 bits per heavy atom. The zero-order valence-corrected chi connectivity index (χ0v) is 18.9. The van der Waals surface area contributed by atoms with E-state index in [1.807, 2.05) is 6.08 Å². The van der Waals surface area contributed by atoms with Crippen LogP contribution in [0.2, 0.25) is 36.3 Å². The summed E-state index contributed by atoms with van der Waals surface area (Å²) in [6.45, 7) is 25.7. The highest BCUT2D eigenvalue weighted by molar-refractivity contribution is 6.79. The molecule has 0 aliphatic rings. The average molecular weight is 358 g/mol. The molecular weight excluding hydrogens is 318 g/mol. The molecule has 0 aromatic carbocycles. The van der Waals surface area contributed by atoms with Crippen LogP contribution in [0.5, 0.6) is 0 Å². The van der Waals surface area contributed by atoms with E-state index in [4.69, 9.17) is 4.43 Å². The quantitative estimate of drug-likeness (QED) is 0.386. The number of nitrogens with zero attached hydrogens (tertiary/aromatic N) is 1. The van der Waals surface area contributed by atoms with E-state index >= 15 is 0 Å². The summed E-state index contributed by atoms with van der Waals surface area (Å²) in [5.74, 6) is -0.0138. The van der Waals surface area contributed by atoms with Gasteiger partial charge in [-0.25, -0.2) is 0 Å². The third-order valence-corrected chi connectivity index (χ3v) is 13.2. The molecule has 0 atom stereocenters. The van der Waals surface area contributed by atoms with E-state index in [0.717, 1.165) is 13.1 Å². The van der Waals surface area contributed by atoms with Crippen molar-refractivity contribution in [2.24, 2.45) is 0 Å². The Hall–Kier alpha value is -0.396. The molecule has 0 aromatic heterocycles. The lowest BCUT2D eigenvalue weighted by Gasteiger charge is -2.41. The van der Waals surface area contributed by atoms with Crippen LogP contribution in [-0.4, -0.2) is 40.2 Å². The summed E-state index contributed by atoms with van der Waals surface area (Å²) in [6, 6.07) is 0. The van der Waals surface area contributed by atoms with Crippen molar-refractivity contribution in [3.63, 3.8) is 0 Å². The van der Waals surface area contributed by atoms with Gasteiger partial charge in [0.2, 0.25) is 0 Å². The molecule has 0 radical (unpaired) electrons. The van der Waals surface area contributed by atoms with Crippen LogP contribution in [0.15, 0.2) is 12.7 Å². The first-order chi connectivity index (χ1) is 10.4. The van der Waals surface area contributed by atoms with Gasteiger partial charge in [-0.2, -0.15) is 0 Å². The van der Waals surface area contributed by atoms with Gasteiger partial charge in [-0.3, -0.25) is 4.79 Å². The molecule has 0 fully saturated rings. The van der Waals surface area contributed by atoms with Crippen LogP contribution in [0, 0.1) is 0 Å². The predicted molar refractivity (Wildman–Crippen MR) is 107 cm³/mol. The first-order valence-electron chi connectivity index (χ1n) is 8.97. The number of hydrogen-bond acceptors (Lipinski definition) is 3. The Balaban J connectivity index is 5.00. The Morgan fingerprint density at radius 2 is 1.48 bits per heavy atom. The number of carbonyl (C=O) groups is 1. The maximum absolute atomic E-state index is 12.6. The number of carbonyl (C=O) groups excluding carboxylic acids is 1. The Bertz CT molecular complexity index is 365. The monoisotopic (exact) mass is 357 g/mol. The second-order valence-corrected chi connectivity index (χ2v) is 18.8. The Kier molecular flexibility index (Phi) is 9.02. The molecule has 0 saturated heterocycles. The molecule has 136 valence electrons. The zero-order valence-electron chi connectivity index (χ0n) is 16.9. The van der Waals surface area contributed by atoms with Crippen molar-refractivity contribution in [2.75, 3.05) is 13.1 Å². The van der Waals surface area contributed by atoms with E-state index in [2.05, 4.69) is 72.3 Å². The van der Waals surface area contributed by atoms with Crippen molar-refractivity contribution < 1.29 is 9.22 Å². The van der Waals surface area contributed by atoms with Crippen molar-refractivity contribution in [3.05, 3.63) is 12.7 Å². The summed E-state index contributed by atoms with van der Waals surface area (Å²) in [5.41, 5.74) is 1.31. The molecule has 0 unspecified atom stereocenters. The van der Waals surface area contributed by atoms with Crippen LogP contribution in [-0.2, 0) is 9.22 Å². The van der Waals surface area contributed by atoms with Crippen LogP contribution in [0.3, 0.4) is 0 Å². The second-order valence-electron chi connectivity index (χ2n) is 8.45. The third kappa shape index (κ3) is 6.20. The van der Waals surface area contributed by atoms with Crippen LogP contribution < -0.4 is 0 Å². The van der Waals surface area contributed by atoms with E-state index in [1.54, 1.807) is 0 Å². The van der Waals surface area contributed by atoms with E-state index in [-0.39, 0.29) is 5.97 Å². The normalized spacial score (nSPS) is 13.3. The van der Waals surface area contributed by atoms with Gasteiger partial charge in [0.1, 0.15) is 8.24 Å². The second kappa shape index (κ2) is 9.18. The Morgan fingerprint density at radius 1 is 1.04 bits per heavy atom. The number of rotatable bonds is 10. The van der Waals surface area contributed by atoms with E-state index in [1.165, 1.54) is 0 Å². The van der Waals surface area contributed by atoms with Crippen molar-refractivity contribution in [3.8, 4) is 0 Å². The van der Waals surface area contributed by atoms with Gasteiger partial charge in [-0.1, -0.05) is 67.3 Å². The largest absolute Gasteiger partial charge is 0.518 e. The SMILES string of the molecule is C=CCN(CCC(=O)O[Si](C(C)C)(C(C)C)C(C)C)[Si](C)(C)C. The molecule has 3 nitrogen and oxygen atoms in total. The average Bonchev–Trinajstić information content (AvgIpc) is 2.38. The zero-order chi connectivity index (χ0) is 18.4. The topological polar surface area (TPSA) is 29.5 Å². The van der Waals surface area contributed by atoms with Crippen molar-refractivity contribution in [1.82, 2.24) is 4.57 Å². The van der Waals surface area contributed by atoms with Crippen molar-refractivity contribution in [2.45, 2.75) is 84.2 Å². The molecule has 0 saturated carbocycles. The van der Waals surface area contributed by atoms with Crippen molar-refractivity contribution >= 4 is 22.5 Å². The predicted octanol–water partition coefficient (Wildman–Crippen LogP) is 5.42. The maximum atomic E-state index is 12.6. The molecule has 0 amide bonds. The van der Waals surface area contributed by atoms with Crippen LogP contribution in [0.4, 0.5) is 0 Å². The third-order valence-electron chi connectivity index (χ3n) is 4.88. The fraction of sp³-hybridized carbons (Fsp3) is 0.833. The molecular formula is C18H39NO2Si2. The summed E-state index contributed by atoms with van der Waals surface area (Å²) in [5, 5.41) is 0. The molecule has 0 spiro atoms. The Labute approximate surface area is 146 Å². The molecule has 0 N–H and O–H groups in total. The molecule has 0 bridgehead atoms. The summed E-state index contributed by atoms with van der Waals surface area (Å²) in [7, 11) is -3.54. The molecule has 0 aliphatic carbocycles. The van der Waals surface area contributed by atoms with Gasteiger partial charge in [0.15, 0.2) is 0 Å².